The van der Waals surface area contributed by atoms with Crippen LogP contribution in [0.2, 0.25) is 0 Å². The molecule has 3 aromatic rings. The van der Waals surface area contributed by atoms with Gasteiger partial charge in [-0.05, 0) is 42.8 Å². The number of carbonyl (C=O) groups excluding carboxylic acids is 2. The number of ether oxygens (including phenoxy) is 2. The third kappa shape index (κ3) is 4.97. The van der Waals surface area contributed by atoms with Crippen LogP contribution in [0.4, 0.5) is 28.0 Å². The standard InChI is InChI=1S/C24H19F4N3O6/c1-2-36-21(33)17-13-30(16-8-6-15(7-9-16)29-10-11-37-23(29)35)22(34)31(20(17)32)12-14-4-3-5-18(25)19(14)24(26,27)28/h3-9,13H,2,10-12H2,1H3. The van der Waals surface area contributed by atoms with Gasteiger partial charge in [0.2, 0.25) is 0 Å². The van der Waals surface area contributed by atoms with Crippen molar-refractivity contribution in [1.82, 2.24) is 9.13 Å². The largest absolute Gasteiger partial charge is 0.462 e. The average Bonchev–Trinajstić information content (AvgIpc) is 3.27. The van der Waals surface area contributed by atoms with E-state index < -0.39 is 58.5 Å². The predicted molar refractivity (Wildman–Crippen MR) is 121 cm³/mol. The second-order valence-corrected chi connectivity index (χ2v) is 7.86. The van der Waals surface area contributed by atoms with Crippen molar-refractivity contribution in [3.63, 3.8) is 0 Å². The number of nitrogens with zero attached hydrogens (tertiary/aromatic N) is 3. The van der Waals surface area contributed by atoms with Gasteiger partial charge in [-0.3, -0.25) is 18.8 Å². The molecule has 0 N–H and O–H groups in total. The molecule has 0 unspecified atom stereocenters. The molecule has 2 aromatic carbocycles. The molecule has 0 atom stereocenters. The molecule has 2 heterocycles. The summed E-state index contributed by atoms with van der Waals surface area (Å²) in [5, 5.41) is 0. The Hall–Kier alpha value is -4.42. The molecule has 1 aromatic heterocycles. The number of amides is 1. The van der Waals surface area contributed by atoms with Crippen molar-refractivity contribution in [2.45, 2.75) is 19.6 Å². The topological polar surface area (TPSA) is 99.8 Å². The SMILES string of the molecule is CCOC(=O)c1cn(-c2ccc(N3CCOC3=O)cc2)c(=O)n(Cc2cccc(F)c2C(F)(F)F)c1=O. The number of rotatable bonds is 6. The molecule has 0 spiro atoms. The van der Waals surface area contributed by atoms with Crippen LogP contribution in [-0.2, 0) is 22.2 Å². The van der Waals surface area contributed by atoms with Crippen LogP contribution in [-0.4, -0.2) is 41.0 Å². The molecule has 0 aliphatic carbocycles. The van der Waals surface area contributed by atoms with Gasteiger partial charge >= 0.3 is 23.9 Å². The molecule has 1 amide bonds. The summed E-state index contributed by atoms with van der Waals surface area (Å²) in [6.07, 6.45) is -4.73. The van der Waals surface area contributed by atoms with Crippen LogP contribution < -0.4 is 16.1 Å². The first-order chi connectivity index (χ1) is 17.5. The predicted octanol–water partition coefficient (Wildman–Crippen LogP) is 3.34. The maximum absolute atomic E-state index is 14.1. The average molecular weight is 521 g/mol. The molecule has 1 aliphatic heterocycles. The fourth-order valence-corrected chi connectivity index (χ4v) is 3.88. The molecule has 4 rings (SSSR count). The minimum absolute atomic E-state index is 0.111. The van der Waals surface area contributed by atoms with E-state index in [4.69, 9.17) is 9.47 Å². The zero-order valence-electron chi connectivity index (χ0n) is 19.3. The lowest BCUT2D eigenvalue weighted by atomic mass is 10.1. The Morgan fingerprint density at radius 1 is 1.05 bits per heavy atom. The summed E-state index contributed by atoms with van der Waals surface area (Å²) in [6.45, 7) is 0.922. The zero-order chi connectivity index (χ0) is 26.9. The van der Waals surface area contributed by atoms with Crippen LogP contribution in [0.15, 0.2) is 58.3 Å². The first-order valence-electron chi connectivity index (χ1n) is 11.0. The zero-order valence-corrected chi connectivity index (χ0v) is 19.3. The van der Waals surface area contributed by atoms with E-state index in [2.05, 4.69) is 0 Å². The Morgan fingerprint density at radius 3 is 2.32 bits per heavy atom. The number of benzene rings is 2. The number of esters is 1. The van der Waals surface area contributed by atoms with E-state index in [1.165, 1.54) is 36.1 Å². The highest BCUT2D eigenvalue weighted by atomic mass is 19.4. The van der Waals surface area contributed by atoms with Gasteiger partial charge in [0.25, 0.3) is 5.56 Å². The summed E-state index contributed by atoms with van der Waals surface area (Å²) >= 11 is 0. The first kappa shape index (κ1) is 25.7. The molecule has 1 fully saturated rings. The number of aromatic nitrogens is 2. The molecule has 0 radical (unpaired) electrons. The molecule has 1 aliphatic rings. The molecule has 0 saturated carbocycles. The van der Waals surface area contributed by atoms with Gasteiger partial charge in [0.15, 0.2) is 0 Å². The maximum Gasteiger partial charge on any atom is 0.419 e. The van der Waals surface area contributed by atoms with Crippen LogP contribution in [0.3, 0.4) is 0 Å². The first-order valence-corrected chi connectivity index (χ1v) is 11.0. The summed E-state index contributed by atoms with van der Waals surface area (Å²) in [4.78, 5) is 51.9. The van der Waals surface area contributed by atoms with Crippen molar-refractivity contribution >= 4 is 17.7 Å². The third-order valence-corrected chi connectivity index (χ3v) is 5.58. The van der Waals surface area contributed by atoms with Gasteiger partial charge < -0.3 is 9.47 Å². The summed E-state index contributed by atoms with van der Waals surface area (Å²) < 4.78 is 65.7. The van der Waals surface area contributed by atoms with E-state index in [0.717, 1.165) is 22.9 Å². The highest BCUT2D eigenvalue weighted by molar-refractivity contribution is 5.89. The molecular weight excluding hydrogens is 502 g/mol. The number of hydrogen-bond donors (Lipinski definition) is 0. The van der Waals surface area contributed by atoms with Crippen molar-refractivity contribution in [3.8, 4) is 5.69 Å². The number of halogens is 4. The van der Waals surface area contributed by atoms with E-state index in [0.29, 0.717) is 22.9 Å². The molecule has 0 bridgehead atoms. The Labute approximate surface area is 206 Å². The van der Waals surface area contributed by atoms with E-state index in [-0.39, 0.29) is 18.9 Å². The lowest BCUT2D eigenvalue weighted by Gasteiger charge is -2.17. The molecule has 9 nitrogen and oxygen atoms in total. The Bertz CT molecular complexity index is 1480. The quantitative estimate of drug-likeness (QED) is 0.365. The molecular formula is C24H19F4N3O6. The second kappa shape index (κ2) is 9.91. The number of carbonyl (C=O) groups is 2. The number of alkyl halides is 3. The third-order valence-electron chi connectivity index (χ3n) is 5.58. The van der Waals surface area contributed by atoms with Gasteiger partial charge in [0.05, 0.1) is 30.9 Å². The van der Waals surface area contributed by atoms with Crippen molar-refractivity contribution in [2.75, 3.05) is 24.7 Å². The molecule has 13 heteroatoms. The van der Waals surface area contributed by atoms with Crippen LogP contribution in [0.1, 0.15) is 28.4 Å². The minimum atomic E-state index is -5.10. The van der Waals surface area contributed by atoms with Crippen molar-refractivity contribution in [1.29, 1.82) is 0 Å². The summed E-state index contributed by atoms with van der Waals surface area (Å²) in [6, 6.07) is 8.36. The van der Waals surface area contributed by atoms with Gasteiger partial charge in [-0.15, -0.1) is 0 Å². The van der Waals surface area contributed by atoms with Gasteiger partial charge in [-0.25, -0.2) is 18.8 Å². The molecule has 37 heavy (non-hydrogen) atoms. The highest BCUT2D eigenvalue weighted by Crippen LogP contribution is 2.34. The van der Waals surface area contributed by atoms with E-state index >= 15 is 0 Å². The van der Waals surface area contributed by atoms with E-state index in [1.807, 2.05) is 0 Å². The number of hydrogen-bond acceptors (Lipinski definition) is 6. The molecule has 1 saturated heterocycles. The van der Waals surface area contributed by atoms with Crippen molar-refractivity contribution < 1.29 is 36.6 Å². The monoisotopic (exact) mass is 521 g/mol. The second-order valence-electron chi connectivity index (χ2n) is 7.86. The van der Waals surface area contributed by atoms with Gasteiger partial charge in [-0.1, -0.05) is 12.1 Å². The number of cyclic esters (lactones) is 1. The minimum Gasteiger partial charge on any atom is -0.462 e. The molecule has 194 valence electrons. The van der Waals surface area contributed by atoms with Crippen LogP contribution in [0, 0.1) is 5.82 Å². The van der Waals surface area contributed by atoms with Crippen LogP contribution in [0.25, 0.3) is 5.69 Å². The smallest absolute Gasteiger partial charge is 0.419 e. The fourth-order valence-electron chi connectivity index (χ4n) is 3.88. The summed E-state index contributed by atoms with van der Waals surface area (Å²) in [5.74, 6) is -2.67. The Balaban J connectivity index is 1.86. The lowest BCUT2D eigenvalue weighted by Crippen LogP contribution is -2.42. The van der Waals surface area contributed by atoms with Crippen molar-refractivity contribution in [2.24, 2.45) is 0 Å². The Kier molecular flexibility index (Phi) is 6.88. The van der Waals surface area contributed by atoms with Gasteiger partial charge in [0.1, 0.15) is 18.0 Å². The van der Waals surface area contributed by atoms with Crippen LogP contribution in [0.5, 0.6) is 0 Å². The van der Waals surface area contributed by atoms with Gasteiger partial charge in [-0.2, -0.15) is 13.2 Å². The van der Waals surface area contributed by atoms with E-state index in [9.17, 15) is 36.7 Å². The maximum atomic E-state index is 14.1. The van der Waals surface area contributed by atoms with Gasteiger partial charge in [0, 0.05) is 11.9 Å². The normalized spacial score (nSPS) is 13.5. The number of anilines is 1. The van der Waals surface area contributed by atoms with E-state index in [1.54, 1.807) is 0 Å². The lowest BCUT2D eigenvalue weighted by molar-refractivity contribution is -0.140. The highest BCUT2D eigenvalue weighted by Gasteiger charge is 2.37. The van der Waals surface area contributed by atoms with Crippen LogP contribution >= 0.6 is 0 Å². The Morgan fingerprint density at radius 2 is 1.73 bits per heavy atom. The van der Waals surface area contributed by atoms with Crippen molar-refractivity contribution in [3.05, 3.63) is 92.0 Å². The summed E-state index contributed by atoms with van der Waals surface area (Å²) in [7, 11) is 0. The summed E-state index contributed by atoms with van der Waals surface area (Å²) in [5.41, 5.74) is -4.61. The fraction of sp³-hybridized carbons (Fsp3) is 0.250.